The first-order chi connectivity index (χ1) is 33.1. The number of amides is 1. The Morgan fingerprint density at radius 2 is 1.07 bits per heavy atom. The number of rotatable bonds is 11. The molecular weight excluding hydrogens is 929 g/mol. The van der Waals surface area contributed by atoms with E-state index in [0.29, 0.717) is 39.6 Å². The third kappa shape index (κ3) is 11.7. The molecular formula is C48H50N8O11S2. The maximum Gasteiger partial charge on any atom is 0.353 e. The van der Waals surface area contributed by atoms with Gasteiger partial charge in [-0.1, -0.05) is 99.2 Å². The highest BCUT2D eigenvalue weighted by Crippen LogP contribution is 2.37. The Kier molecular flexibility index (Phi) is 14.6. The molecule has 0 radical (unpaired) electrons. The number of hydrogen-bond acceptors (Lipinski definition) is 12. The number of hydrogen-bond donors (Lipinski definition) is 5. The smallest absolute Gasteiger partial charge is 0.353 e. The lowest BCUT2D eigenvalue weighted by Gasteiger charge is -2.22. The first-order valence-electron chi connectivity index (χ1n) is 22.4. The van der Waals surface area contributed by atoms with Crippen molar-refractivity contribution < 1.29 is 40.4 Å². The number of nitrogens with two attached hydrogens (primary N) is 1. The van der Waals surface area contributed by atoms with Crippen LogP contribution in [0.4, 0.5) is 0 Å². The number of aromatic carboxylic acids is 1. The van der Waals surface area contributed by atoms with Crippen molar-refractivity contribution in [3.8, 4) is 22.9 Å². The molecule has 0 unspecified atom stereocenters. The minimum Gasteiger partial charge on any atom is -0.477 e. The number of carbonyl (C=O) groups is 2. The fraction of sp³-hybridized carbons (Fsp3) is 0.292. The molecule has 8 aromatic rings. The van der Waals surface area contributed by atoms with Crippen LogP contribution in [0.1, 0.15) is 119 Å². The number of carboxylic acids is 1. The maximum atomic E-state index is 13.5. The van der Waals surface area contributed by atoms with Crippen LogP contribution in [0.5, 0.6) is 0 Å². The second-order valence-corrected chi connectivity index (χ2v) is 20.3. The quantitative estimate of drug-likeness (QED) is 0.0866. The van der Waals surface area contributed by atoms with Crippen molar-refractivity contribution in [1.29, 1.82) is 0 Å². The summed E-state index contributed by atoms with van der Waals surface area (Å²) in [5.41, 5.74) is 3.21. The molecule has 19 nitrogen and oxygen atoms in total. The van der Waals surface area contributed by atoms with Crippen molar-refractivity contribution in [1.82, 2.24) is 33.9 Å². The third-order valence-corrected chi connectivity index (χ3v) is 13.9. The van der Waals surface area contributed by atoms with Crippen LogP contribution in [0, 0.1) is 0 Å². The number of furan rings is 2. The van der Waals surface area contributed by atoms with Crippen LogP contribution < -0.4 is 21.0 Å². The van der Waals surface area contributed by atoms with Gasteiger partial charge < -0.3 is 13.9 Å². The minimum atomic E-state index is -3.94. The van der Waals surface area contributed by atoms with Crippen LogP contribution in [0.25, 0.3) is 34.2 Å². The van der Waals surface area contributed by atoms with E-state index < -0.39 is 31.9 Å². The SMILES string of the molecule is NS(=O)(=O)Cc1ccccc1.O=C(NS(=O)(=O)Cc1ccccc1)c1cc2nc(-c3ccco3)c(C3CCCCC3)c(=O)n2[nH]1.O=C(O)c1cc2nc(-c3ccco3)c(C3CCCCC3)c(=O)n2[nH]1. The molecule has 69 heavy (non-hydrogen) atoms. The van der Waals surface area contributed by atoms with E-state index in [-0.39, 0.29) is 57.1 Å². The van der Waals surface area contributed by atoms with E-state index in [4.69, 9.17) is 19.1 Å². The van der Waals surface area contributed by atoms with Crippen molar-refractivity contribution >= 4 is 43.2 Å². The van der Waals surface area contributed by atoms with Crippen molar-refractivity contribution in [2.45, 2.75) is 87.5 Å². The van der Waals surface area contributed by atoms with Gasteiger partial charge in [0.25, 0.3) is 17.0 Å². The Morgan fingerprint density at radius 3 is 1.49 bits per heavy atom. The number of aromatic nitrogens is 6. The van der Waals surface area contributed by atoms with Crippen LogP contribution in [0.2, 0.25) is 0 Å². The van der Waals surface area contributed by atoms with E-state index >= 15 is 0 Å². The summed E-state index contributed by atoms with van der Waals surface area (Å²) < 4.78 is 61.7. The molecule has 0 saturated heterocycles. The molecule has 0 atom stereocenters. The molecule has 2 aliphatic rings. The molecule has 6 heterocycles. The molecule has 0 spiro atoms. The fourth-order valence-electron chi connectivity index (χ4n) is 8.85. The standard InChI is InChI=1S/C24H24N4O5S.C17H17N3O4.C7H9NO2S/c29-23(27-34(31,32)15-16-8-3-1-4-9-16)18-14-20-25-22(19-12-7-13-33-19)21(24(30)28(20)26-18)17-10-5-2-6-11-17;21-16-14(10-5-2-1-3-6-10)15(12-7-4-8-24-12)18-13-9-11(17(22)23)19-20(13)16;8-11(9,10)6-7-4-2-1-3-5-7/h1,3-4,7-9,12-14,17,26H,2,5-6,10-11,15H2,(H,27,29);4,7-10,19H,1-3,5-6H2,(H,22,23);1-5H,6H2,(H2,8,9,10). The second kappa shape index (κ2) is 20.9. The van der Waals surface area contributed by atoms with Crippen molar-refractivity contribution in [3.63, 3.8) is 0 Å². The predicted molar refractivity (Wildman–Crippen MR) is 255 cm³/mol. The molecule has 1 amide bonds. The highest BCUT2D eigenvalue weighted by atomic mass is 32.2. The van der Waals surface area contributed by atoms with Gasteiger partial charge in [-0.15, -0.1) is 0 Å². The van der Waals surface area contributed by atoms with Crippen molar-refractivity contribution in [2.75, 3.05) is 0 Å². The molecule has 2 saturated carbocycles. The number of nitrogens with zero attached hydrogens (tertiary/aromatic N) is 4. The molecule has 0 aliphatic heterocycles. The van der Waals surface area contributed by atoms with E-state index in [0.717, 1.165) is 63.4 Å². The lowest BCUT2D eigenvalue weighted by molar-refractivity contribution is 0.0689. The minimum absolute atomic E-state index is 0.0394. The summed E-state index contributed by atoms with van der Waals surface area (Å²) >= 11 is 0. The molecule has 2 fully saturated rings. The van der Waals surface area contributed by atoms with E-state index in [9.17, 15) is 36.0 Å². The summed E-state index contributed by atoms with van der Waals surface area (Å²) in [5, 5.41) is 19.4. The summed E-state index contributed by atoms with van der Waals surface area (Å²) in [6.07, 6.45) is 13.2. The molecule has 6 N–H and O–H groups in total. The average Bonchev–Trinajstić information content (AvgIpc) is 4.18. The highest BCUT2D eigenvalue weighted by molar-refractivity contribution is 7.89. The van der Waals surface area contributed by atoms with Crippen LogP contribution in [-0.4, -0.2) is 63.0 Å². The van der Waals surface area contributed by atoms with Crippen LogP contribution in [0.3, 0.4) is 0 Å². The molecule has 10 rings (SSSR count). The van der Waals surface area contributed by atoms with Gasteiger partial charge in [-0.2, -0.15) is 0 Å². The number of aromatic amines is 2. The van der Waals surface area contributed by atoms with Crippen LogP contribution in [0.15, 0.2) is 128 Å². The van der Waals surface area contributed by atoms with Gasteiger partial charge >= 0.3 is 5.97 Å². The van der Waals surface area contributed by atoms with Crippen molar-refractivity contribution in [3.05, 3.63) is 164 Å². The molecule has 360 valence electrons. The summed E-state index contributed by atoms with van der Waals surface area (Å²) in [7, 11) is -7.32. The number of benzene rings is 2. The first-order valence-corrected chi connectivity index (χ1v) is 25.8. The zero-order valence-electron chi connectivity index (χ0n) is 37.2. The summed E-state index contributed by atoms with van der Waals surface area (Å²) in [6.45, 7) is 0. The summed E-state index contributed by atoms with van der Waals surface area (Å²) in [5.74, 6) is -1.24. The number of carbonyl (C=O) groups excluding carboxylic acids is 1. The van der Waals surface area contributed by atoms with Gasteiger partial charge in [0.15, 0.2) is 22.8 Å². The number of H-pyrrole nitrogens is 2. The zero-order valence-corrected chi connectivity index (χ0v) is 38.9. The molecule has 6 aromatic heterocycles. The lowest BCUT2D eigenvalue weighted by Crippen LogP contribution is -2.32. The number of sulfonamides is 2. The van der Waals surface area contributed by atoms with E-state index in [2.05, 4.69) is 24.9 Å². The fourth-order valence-corrected chi connectivity index (χ4v) is 10.6. The number of primary sulfonamides is 1. The average molecular weight is 979 g/mol. The maximum absolute atomic E-state index is 13.5. The Hall–Kier alpha value is -7.36. The summed E-state index contributed by atoms with van der Waals surface area (Å²) in [4.78, 5) is 59.6. The lowest BCUT2D eigenvalue weighted by atomic mass is 9.83. The van der Waals surface area contributed by atoms with Gasteiger partial charge in [0.1, 0.15) is 22.8 Å². The molecule has 0 bridgehead atoms. The largest absolute Gasteiger partial charge is 0.477 e. The predicted octanol–water partition coefficient (Wildman–Crippen LogP) is 7.09. The molecule has 2 aromatic carbocycles. The van der Waals surface area contributed by atoms with E-state index in [1.54, 1.807) is 85.1 Å². The first kappa shape index (κ1) is 48.1. The number of nitrogens with one attached hydrogen (secondary N) is 3. The topological polar surface area (TPSA) is 287 Å². The van der Waals surface area contributed by atoms with Gasteiger partial charge in [0.2, 0.25) is 20.0 Å². The van der Waals surface area contributed by atoms with Gasteiger partial charge in [-0.3, -0.25) is 24.6 Å². The van der Waals surface area contributed by atoms with Gasteiger partial charge in [0, 0.05) is 12.1 Å². The monoisotopic (exact) mass is 978 g/mol. The van der Waals surface area contributed by atoms with Crippen LogP contribution in [-0.2, 0) is 31.6 Å². The Balaban J connectivity index is 0.000000158. The van der Waals surface area contributed by atoms with Gasteiger partial charge in [0.05, 0.1) is 35.2 Å². The molecule has 21 heteroatoms. The van der Waals surface area contributed by atoms with E-state index in [1.165, 1.54) is 33.8 Å². The third-order valence-electron chi connectivity index (χ3n) is 12.0. The second-order valence-electron chi connectivity index (χ2n) is 17.0. The number of fused-ring (bicyclic) bond motifs is 2. The zero-order chi connectivity index (χ0) is 48.7. The van der Waals surface area contributed by atoms with Crippen LogP contribution >= 0.6 is 0 Å². The summed E-state index contributed by atoms with van der Waals surface area (Å²) in [6, 6.07) is 27.1. The van der Waals surface area contributed by atoms with Crippen molar-refractivity contribution in [2.24, 2.45) is 5.14 Å². The Morgan fingerprint density at radius 1 is 0.638 bits per heavy atom. The normalized spacial score (nSPS) is 14.7. The number of carboxylic acid groups (broad SMARTS) is 1. The van der Waals surface area contributed by atoms with Gasteiger partial charge in [-0.05, 0) is 72.9 Å². The Labute approximate surface area is 395 Å². The van der Waals surface area contributed by atoms with E-state index in [1.807, 2.05) is 6.07 Å². The highest BCUT2D eigenvalue weighted by Gasteiger charge is 2.29. The molecule has 2 aliphatic carbocycles. The van der Waals surface area contributed by atoms with Gasteiger partial charge in [-0.25, -0.2) is 50.5 Å². The Bertz CT molecular complexity index is 3410.